The van der Waals surface area contributed by atoms with Crippen molar-refractivity contribution >= 4 is 0 Å². The molecule has 82 valence electrons. The lowest BCUT2D eigenvalue weighted by Crippen LogP contribution is -2.41. The number of hydrogen-bond donors (Lipinski definition) is 1. The fourth-order valence-corrected chi connectivity index (χ4v) is 2.25. The van der Waals surface area contributed by atoms with Crippen molar-refractivity contribution < 1.29 is 0 Å². The third-order valence-electron chi connectivity index (χ3n) is 4.39. The molecular weight excluding hydrogens is 170 g/mol. The molecule has 1 unspecified atom stereocenters. The fourth-order valence-electron chi connectivity index (χ4n) is 2.25. The second-order valence-corrected chi connectivity index (χ2v) is 6.61. The third-order valence-corrected chi connectivity index (χ3v) is 4.39. The molecule has 0 radical (unpaired) electrons. The van der Waals surface area contributed by atoms with Crippen molar-refractivity contribution in [3.05, 3.63) is 0 Å². The largest absolute Gasteiger partial charge is 0.313 e. The van der Waals surface area contributed by atoms with Crippen molar-refractivity contribution in [2.24, 2.45) is 16.7 Å². The van der Waals surface area contributed by atoms with Crippen LogP contribution < -0.4 is 5.32 Å². The zero-order chi connectivity index (χ0) is 10.4. The van der Waals surface area contributed by atoms with Crippen LogP contribution in [0, 0.1) is 16.7 Å². The van der Waals surface area contributed by atoms with E-state index in [1.807, 2.05) is 0 Å². The van der Waals surface area contributed by atoms with E-state index in [0.717, 1.165) is 11.3 Å². The van der Waals surface area contributed by atoms with E-state index in [9.17, 15) is 0 Å². The van der Waals surface area contributed by atoms with Gasteiger partial charge in [0.25, 0.3) is 0 Å². The molecule has 0 saturated heterocycles. The highest BCUT2D eigenvalue weighted by Gasteiger charge is 2.53. The topological polar surface area (TPSA) is 12.0 Å². The average molecular weight is 195 g/mol. The van der Waals surface area contributed by atoms with Crippen LogP contribution in [0.4, 0.5) is 0 Å². The fraction of sp³-hybridized carbons (Fsp3) is 1.00. The van der Waals surface area contributed by atoms with E-state index in [4.69, 9.17) is 0 Å². The first-order valence-electron chi connectivity index (χ1n) is 6.17. The molecule has 1 N–H and O–H groups in total. The van der Waals surface area contributed by atoms with Crippen LogP contribution in [0.25, 0.3) is 0 Å². The Balaban J connectivity index is 1.77. The Labute approximate surface area is 88.7 Å². The van der Waals surface area contributed by atoms with Gasteiger partial charge in [0.15, 0.2) is 0 Å². The summed E-state index contributed by atoms with van der Waals surface area (Å²) >= 11 is 0. The number of nitrogens with one attached hydrogen (secondary N) is 1. The Hall–Kier alpha value is -0.0400. The maximum atomic E-state index is 3.75. The molecule has 1 nitrogen and oxygen atoms in total. The van der Waals surface area contributed by atoms with Crippen molar-refractivity contribution in [3.63, 3.8) is 0 Å². The van der Waals surface area contributed by atoms with Gasteiger partial charge in [-0.3, -0.25) is 0 Å². The van der Waals surface area contributed by atoms with Gasteiger partial charge in [-0.05, 0) is 49.4 Å². The predicted molar refractivity (Wildman–Crippen MR) is 61.3 cm³/mol. The summed E-state index contributed by atoms with van der Waals surface area (Å²) in [5.41, 5.74) is 1.15. The maximum absolute atomic E-state index is 3.75. The van der Waals surface area contributed by atoms with E-state index in [-0.39, 0.29) is 0 Å². The third kappa shape index (κ3) is 2.13. The van der Waals surface area contributed by atoms with Gasteiger partial charge in [-0.1, -0.05) is 20.8 Å². The predicted octanol–water partition coefficient (Wildman–Crippen LogP) is 3.20. The van der Waals surface area contributed by atoms with E-state index in [0.29, 0.717) is 11.5 Å². The Morgan fingerprint density at radius 3 is 2.21 bits per heavy atom. The van der Waals surface area contributed by atoms with E-state index in [1.165, 1.54) is 32.2 Å². The molecule has 14 heavy (non-hydrogen) atoms. The van der Waals surface area contributed by atoms with Gasteiger partial charge in [0.05, 0.1) is 0 Å². The van der Waals surface area contributed by atoms with Crippen LogP contribution in [0.2, 0.25) is 0 Å². The van der Waals surface area contributed by atoms with Crippen LogP contribution in [-0.4, -0.2) is 12.6 Å². The molecule has 0 spiro atoms. The molecular formula is C13H25N. The summed E-state index contributed by atoms with van der Waals surface area (Å²) in [7, 11) is 0. The van der Waals surface area contributed by atoms with Crippen molar-refractivity contribution in [3.8, 4) is 0 Å². The van der Waals surface area contributed by atoms with Crippen molar-refractivity contribution in [2.75, 3.05) is 6.54 Å². The van der Waals surface area contributed by atoms with E-state index < -0.39 is 0 Å². The van der Waals surface area contributed by atoms with Crippen LogP contribution in [0.3, 0.4) is 0 Å². The summed E-state index contributed by atoms with van der Waals surface area (Å²) in [6.45, 7) is 10.6. The summed E-state index contributed by atoms with van der Waals surface area (Å²) in [4.78, 5) is 0. The zero-order valence-corrected chi connectivity index (χ0v) is 10.2. The van der Waals surface area contributed by atoms with E-state index in [2.05, 4.69) is 33.0 Å². The van der Waals surface area contributed by atoms with Crippen LogP contribution in [0.5, 0.6) is 0 Å². The van der Waals surface area contributed by atoms with Crippen molar-refractivity contribution in [1.29, 1.82) is 0 Å². The molecule has 0 aromatic rings. The van der Waals surface area contributed by atoms with Crippen LogP contribution in [0.1, 0.15) is 53.4 Å². The minimum atomic E-state index is 0.402. The van der Waals surface area contributed by atoms with Gasteiger partial charge < -0.3 is 5.32 Å². The van der Waals surface area contributed by atoms with Gasteiger partial charge in [-0.2, -0.15) is 0 Å². The molecule has 2 rings (SSSR count). The Morgan fingerprint density at radius 1 is 1.29 bits per heavy atom. The molecule has 2 saturated carbocycles. The zero-order valence-electron chi connectivity index (χ0n) is 10.2. The highest BCUT2D eigenvalue weighted by molar-refractivity contribution is 5.05. The molecule has 0 heterocycles. The maximum Gasteiger partial charge on any atom is 0.00875 e. The Morgan fingerprint density at radius 2 is 1.86 bits per heavy atom. The van der Waals surface area contributed by atoms with Crippen molar-refractivity contribution in [2.45, 2.75) is 59.4 Å². The average Bonchev–Trinajstić information content (AvgIpc) is 2.89. The Kier molecular flexibility index (Phi) is 2.42. The lowest BCUT2D eigenvalue weighted by molar-refractivity contribution is 0.260. The second-order valence-electron chi connectivity index (χ2n) is 6.61. The van der Waals surface area contributed by atoms with Gasteiger partial charge in [0.2, 0.25) is 0 Å². The summed E-state index contributed by atoms with van der Waals surface area (Å²) in [6, 6.07) is 0.638. The molecule has 0 amide bonds. The normalized spacial score (nSPS) is 27.4. The molecule has 1 heteroatoms. The van der Waals surface area contributed by atoms with Crippen LogP contribution >= 0.6 is 0 Å². The minimum Gasteiger partial charge on any atom is -0.313 e. The van der Waals surface area contributed by atoms with Gasteiger partial charge >= 0.3 is 0 Å². The SMILES string of the molecule is CC(NCC1(C2CC2)CC1)C(C)(C)C. The van der Waals surface area contributed by atoms with Gasteiger partial charge in [-0.15, -0.1) is 0 Å². The summed E-state index contributed by atoms with van der Waals surface area (Å²) < 4.78 is 0. The first-order chi connectivity index (χ1) is 6.44. The molecule has 0 aliphatic heterocycles. The second kappa shape index (κ2) is 3.23. The molecule has 0 aromatic carbocycles. The summed E-state index contributed by atoms with van der Waals surface area (Å²) in [5.74, 6) is 1.09. The smallest absolute Gasteiger partial charge is 0.00875 e. The van der Waals surface area contributed by atoms with E-state index in [1.54, 1.807) is 0 Å². The minimum absolute atomic E-state index is 0.402. The van der Waals surface area contributed by atoms with Crippen molar-refractivity contribution in [1.82, 2.24) is 5.32 Å². The highest BCUT2D eigenvalue weighted by Crippen LogP contribution is 2.60. The van der Waals surface area contributed by atoms with Gasteiger partial charge in [-0.25, -0.2) is 0 Å². The quantitative estimate of drug-likeness (QED) is 0.726. The van der Waals surface area contributed by atoms with Gasteiger partial charge in [0.1, 0.15) is 0 Å². The Bertz CT molecular complexity index is 206. The summed E-state index contributed by atoms with van der Waals surface area (Å²) in [6.07, 6.45) is 5.99. The van der Waals surface area contributed by atoms with Gasteiger partial charge in [0, 0.05) is 12.6 Å². The van der Waals surface area contributed by atoms with Crippen LogP contribution in [-0.2, 0) is 0 Å². The summed E-state index contributed by atoms with van der Waals surface area (Å²) in [5, 5.41) is 3.75. The van der Waals surface area contributed by atoms with Crippen LogP contribution in [0.15, 0.2) is 0 Å². The first-order valence-corrected chi connectivity index (χ1v) is 6.17. The molecule has 0 aromatic heterocycles. The molecule has 1 atom stereocenters. The van der Waals surface area contributed by atoms with E-state index >= 15 is 0 Å². The lowest BCUT2D eigenvalue weighted by atomic mass is 9.87. The molecule has 0 bridgehead atoms. The number of hydrogen-bond acceptors (Lipinski definition) is 1. The highest BCUT2D eigenvalue weighted by atomic mass is 14.9. The number of rotatable bonds is 4. The molecule has 2 aliphatic rings. The monoisotopic (exact) mass is 195 g/mol. The lowest BCUT2D eigenvalue weighted by Gasteiger charge is -2.30. The molecule has 2 aliphatic carbocycles. The first kappa shape index (κ1) is 10.5. The molecule has 2 fully saturated rings. The standard InChI is InChI=1S/C13H25N/c1-10(12(2,3)4)14-9-13(7-8-13)11-5-6-11/h10-11,14H,5-9H2,1-4H3.